The summed E-state index contributed by atoms with van der Waals surface area (Å²) in [5.41, 5.74) is 2.36. The van der Waals surface area contributed by atoms with Gasteiger partial charge in [-0.1, -0.05) is 83.9 Å². The van der Waals surface area contributed by atoms with E-state index in [4.69, 9.17) is 28.3 Å². The van der Waals surface area contributed by atoms with Crippen molar-refractivity contribution >= 4 is 56.4 Å². The van der Waals surface area contributed by atoms with Gasteiger partial charge in [0.1, 0.15) is 5.71 Å². The Labute approximate surface area is 202 Å². The molecular formula is C24H26BrCl2N3O. The molecule has 31 heavy (non-hydrogen) atoms. The average molecular weight is 523 g/mol. The lowest BCUT2D eigenvalue weighted by atomic mass is 9.90. The third-order valence-electron chi connectivity index (χ3n) is 6.17. The molecule has 164 valence electrons. The van der Waals surface area contributed by atoms with Gasteiger partial charge < -0.3 is 5.32 Å². The Morgan fingerprint density at radius 3 is 2.39 bits per heavy atom. The number of nitrogens with zero attached hydrogens (tertiary/aromatic N) is 2. The molecule has 1 amide bonds. The number of carbonyl (C=O) groups is 1. The molecule has 0 bridgehead atoms. The second kappa shape index (κ2) is 9.93. The van der Waals surface area contributed by atoms with Gasteiger partial charge in [-0.25, -0.2) is 0 Å². The molecule has 1 heterocycles. The van der Waals surface area contributed by atoms with Crippen molar-refractivity contribution in [2.24, 2.45) is 11.0 Å². The molecule has 1 saturated carbocycles. The molecule has 1 aliphatic carbocycles. The molecule has 4 rings (SSSR count). The smallest absolute Gasteiger partial charge is 0.268 e. The molecule has 4 nitrogen and oxygen atoms in total. The fourth-order valence-corrected chi connectivity index (χ4v) is 5.29. The molecule has 2 aliphatic rings. The molecule has 1 N–H and O–H groups in total. The lowest BCUT2D eigenvalue weighted by Gasteiger charge is -2.27. The van der Waals surface area contributed by atoms with E-state index in [9.17, 15) is 4.79 Å². The van der Waals surface area contributed by atoms with E-state index in [1.807, 2.05) is 23.2 Å². The van der Waals surface area contributed by atoms with Crippen LogP contribution in [-0.4, -0.2) is 17.7 Å². The number of hydrogen-bond donors (Lipinski definition) is 1. The first kappa shape index (κ1) is 22.6. The van der Waals surface area contributed by atoms with Gasteiger partial charge in [0.25, 0.3) is 5.91 Å². The molecule has 0 radical (unpaired) electrons. The minimum atomic E-state index is -0.137. The molecule has 2 aromatic rings. The zero-order valence-electron chi connectivity index (χ0n) is 17.5. The van der Waals surface area contributed by atoms with E-state index in [2.05, 4.69) is 40.3 Å². The fraction of sp³-hybridized carbons (Fsp3) is 0.417. The van der Waals surface area contributed by atoms with Crippen LogP contribution in [0.25, 0.3) is 0 Å². The van der Waals surface area contributed by atoms with E-state index in [1.54, 1.807) is 12.1 Å². The van der Waals surface area contributed by atoms with Gasteiger partial charge in [-0.05, 0) is 48.7 Å². The average Bonchev–Trinajstić information content (AvgIpc) is 2.89. The molecule has 2 atom stereocenters. The highest BCUT2D eigenvalue weighted by atomic mass is 79.9. The van der Waals surface area contributed by atoms with Gasteiger partial charge in [0.2, 0.25) is 0 Å². The first-order valence-corrected chi connectivity index (χ1v) is 12.4. The highest BCUT2D eigenvalue weighted by molar-refractivity contribution is 9.10. The lowest BCUT2D eigenvalue weighted by Crippen LogP contribution is -2.40. The third-order valence-corrected chi connectivity index (χ3v) is 7.24. The van der Waals surface area contributed by atoms with Crippen molar-refractivity contribution in [1.82, 2.24) is 5.32 Å². The van der Waals surface area contributed by atoms with Crippen LogP contribution in [0.4, 0.5) is 5.69 Å². The van der Waals surface area contributed by atoms with Crippen molar-refractivity contribution in [1.29, 1.82) is 0 Å². The van der Waals surface area contributed by atoms with E-state index < -0.39 is 0 Å². The van der Waals surface area contributed by atoms with Gasteiger partial charge in [0.15, 0.2) is 0 Å². The minimum Gasteiger partial charge on any atom is -0.348 e. The number of nitrogens with one attached hydrogen (secondary N) is 1. The number of amides is 1. The molecule has 1 fully saturated rings. The summed E-state index contributed by atoms with van der Waals surface area (Å²) in [5, 5.41) is 11.0. The van der Waals surface area contributed by atoms with Crippen LogP contribution in [0, 0.1) is 5.92 Å². The summed E-state index contributed by atoms with van der Waals surface area (Å²) in [6, 6.07) is 13.6. The largest absolute Gasteiger partial charge is 0.348 e. The van der Waals surface area contributed by atoms with E-state index in [0.29, 0.717) is 15.8 Å². The maximum Gasteiger partial charge on any atom is 0.268 e. The second-order valence-corrected chi connectivity index (χ2v) is 10.1. The Morgan fingerprint density at radius 1 is 1.06 bits per heavy atom. The first-order chi connectivity index (χ1) is 14.9. The van der Waals surface area contributed by atoms with Crippen LogP contribution in [0.3, 0.4) is 0 Å². The predicted octanol–water partition coefficient (Wildman–Crippen LogP) is 7.15. The Hall–Kier alpha value is -1.56. The van der Waals surface area contributed by atoms with Gasteiger partial charge >= 0.3 is 0 Å². The number of carbonyl (C=O) groups excluding carboxylic acids is 1. The number of hydrazone groups is 1. The molecule has 0 unspecified atom stereocenters. The summed E-state index contributed by atoms with van der Waals surface area (Å²) in [5.74, 6) is -0.173. The van der Waals surface area contributed by atoms with Crippen molar-refractivity contribution in [3.63, 3.8) is 0 Å². The number of halogens is 3. The van der Waals surface area contributed by atoms with Crippen molar-refractivity contribution in [2.45, 2.75) is 57.5 Å². The normalized spacial score (nSPS) is 22.2. The quantitative estimate of drug-likeness (QED) is 0.433. The second-order valence-electron chi connectivity index (χ2n) is 8.37. The van der Waals surface area contributed by atoms with Crippen LogP contribution in [0.5, 0.6) is 0 Å². The first-order valence-electron chi connectivity index (χ1n) is 10.8. The van der Waals surface area contributed by atoms with Crippen LogP contribution >= 0.6 is 39.1 Å². The SMILES string of the molecule is C[C@@H]1C(C(=O)NC2CCCCCC2)=NN(c2ccc(Cl)cc2Cl)[C@@H]1c1ccc(Br)cc1. The van der Waals surface area contributed by atoms with Crippen LogP contribution in [0.15, 0.2) is 52.0 Å². The zero-order valence-corrected chi connectivity index (χ0v) is 20.6. The summed E-state index contributed by atoms with van der Waals surface area (Å²) in [6.45, 7) is 2.06. The Morgan fingerprint density at radius 2 is 1.74 bits per heavy atom. The minimum absolute atomic E-state index is 0.0749. The topological polar surface area (TPSA) is 44.7 Å². The number of benzene rings is 2. The van der Waals surface area contributed by atoms with E-state index in [-0.39, 0.29) is 23.9 Å². The van der Waals surface area contributed by atoms with E-state index in [0.717, 1.165) is 28.6 Å². The van der Waals surface area contributed by atoms with Gasteiger partial charge in [0.05, 0.1) is 16.8 Å². The van der Waals surface area contributed by atoms with Gasteiger partial charge in [-0.2, -0.15) is 5.10 Å². The summed E-state index contributed by atoms with van der Waals surface area (Å²) in [4.78, 5) is 13.3. The lowest BCUT2D eigenvalue weighted by molar-refractivity contribution is -0.115. The van der Waals surface area contributed by atoms with Crippen LogP contribution in [0.1, 0.15) is 57.1 Å². The van der Waals surface area contributed by atoms with Crippen LogP contribution in [0.2, 0.25) is 10.0 Å². The van der Waals surface area contributed by atoms with Crippen molar-refractivity contribution < 1.29 is 4.79 Å². The Bertz CT molecular complexity index is 971. The maximum atomic E-state index is 13.3. The number of rotatable bonds is 4. The van der Waals surface area contributed by atoms with Gasteiger partial charge in [-0.3, -0.25) is 9.80 Å². The number of hydrogen-bond acceptors (Lipinski definition) is 3. The molecule has 0 spiro atoms. The highest BCUT2D eigenvalue weighted by Gasteiger charge is 2.40. The summed E-state index contributed by atoms with van der Waals surface area (Å²) >= 11 is 16.2. The van der Waals surface area contributed by atoms with Crippen molar-refractivity contribution in [2.75, 3.05) is 5.01 Å². The molecule has 2 aromatic carbocycles. The van der Waals surface area contributed by atoms with E-state index >= 15 is 0 Å². The predicted molar refractivity (Wildman–Crippen MR) is 132 cm³/mol. The molecule has 1 aliphatic heterocycles. The highest BCUT2D eigenvalue weighted by Crippen LogP contribution is 2.42. The fourth-order valence-electron chi connectivity index (χ4n) is 4.53. The maximum absolute atomic E-state index is 13.3. The van der Waals surface area contributed by atoms with Gasteiger partial charge in [-0.15, -0.1) is 0 Å². The standard InChI is InChI=1S/C24H26BrCl2N3O/c1-15-22(24(31)28-19-6-4-2-3-5-7-19)29-30(21-13-12-18(26)14-20(21)27)23(15)16-8-10-17(25)11-9-16/h8-15,19,23H,2-7H2,1H3,(H,28,31)/t15-,23+/m1/s1. The van der Waals surface area contributed by atoms with Crippen molar-refractivity contribution in [3.05, 3.63) is 62.5 Å². The molecule has 7 heteroatoms. The van der Waals surface area contributed by atoms with Crippen LogP contribution in [-0.2, 0) is 4.79 Å². The third kappa shape index (κ3) is 5.10. The monoisotopic (exact) mass is 521 g/mol. The Kier molecular flexibility index (Phi) is 7.25. The molecular weight excluding hydrogens is 497 g/mol. The van der Waals surface area contributed by atoms with Crippen molar-refractivity contribution in [3.8, 4) is 0 Å². The van der Waals surface area contributed by atoms with Crippen LogP contribution < -0.4 is 10.3 Å². The molecule has 0 saturated heterocycles. The van der Waals surface area contributed by atoms with Gasteiger partial charge in [0, 0.05) is 21.5 Å². The summed E-state index contributed by atoms with van der Waals surface area (Å²) in [6.07, 6.45) is 6.91. The zero-order chi connectivity index (χ0) is 22.0. The molecule has 0 aromatic heterocycles. The number of anilines is 1. The summed E-state index contributed by atoms with van der Waals surface area (Å²) < 4.78 is 1.00. The van der Waals surface area contributed by atoms with E-state index in [1.165, 1.54) is 25.7 Å². The summed E-state index contributed by atoms with van der Waals surface area (Å²) in [7, 11) is 0. The Balaban J connectivity index is 1.66.